The van der Waals surface area contributed by atoms with E-state index in [-0.39, 0.29) is 12.5 Å². The first-order valence-electron chi connectivity index (χ1n) is 7.44. The molecule has 2 atom stereocenters. The fraction of sp³-hybridized carbons (Fsp3) is 0.714. The fourth-order valence-electron chi connectivity index (χ4n) is 2.76. The van der Waals surface area contributed by atoms with Crippen LogP contribution in [0.4, 0.5) is 5.69 Å². The molecule has 1 aromatic rings. The van der Waals surface area contributed by atoms with Crippen LogP contribution in [0.1, 0.15) is 39.0 Å². The zero-order valence-corrected chi connectivity index (χ0v) is 12.1. The number of nitrogens with zero attached hydrogens (tertiary/aromatic N) is 2. The molecule has 20 heavy (non-hydrogen) atoms. The van der Waals surface area contributed by atoms with Gasteiger partial charge in [-0.05, 0) is 32.7 Å². The molecule has 2 heterocycles. The van der Waals surface area contributed by atoms with Crippen molar-refractivity contribution in [3.63, 3.8) is 0 Å². The highest BCUT2D eigenvalue weighted by Crippen LogP contribution is 2.15. The standard InChI is InChI=1S/C14H25N5O/c1-11(7-12-5-3-2-4-6-16-12)18-13-8-17-19(9-13)10-14(15)20/h8-9,11-12,16,18H,2-7,10H2,1H3,(H2,15,20). The van der Waals surface area contributed by atoms with Gasteiger partial charge in [-0.1, -0.05) is 12.8 Å². The topological polar surface area (TPSA) is 85.0 Å². The second kappa shape index (κ2) is 7.28. The Balaban J connectivity index is 1.79. The monoisotopic (exact) mass is 279 g/mol. The van der Waals surface area contributed by atoms with E-state index in [0.29, 0.717) is 12.1 Å². The SMILES string of the molecule is CC(CC1CCCCCN1)Nc1cnn(CC(N)=O)c1. The van der Waals surface area contributed by atoms with E-state index in [1.54, 1.807) is 10.9 Å². The van der Waals surface area contributed by atoms with Crippen molar-refractivity contribution in [1.82, 2.24) is 15.1 Å². The van der Waals surface area contributed by atoms with Gasteiger partial charge >= 0.3 is 0 Å². The zero-order valence-electron chi connectivity index (χ0n) is 12.1. The van der Waals surface area contributed by atoms with Gasteiger partial charge in [-0.15, -0.1) is 0 Å². The summed E-state index contributed by atoms with van der Waals surface area (Å²) in [5.41, 5.74) is 6.08. The van der Waals surface area contributed by atoms with Gasteiger partial charge in [0.25, 0.3) is 0 Å². The lowest BCUT2D eigenvalue weighted by Crippen LogP contribution is -2.33. The average molecular weight is 279 g/mol. The van der Waals surface area contributed by atoms with Gasteiger partial charge in [-0.25, -0.2) is 0 Å². The summed E-state index contributed by atoms with van der Waals surface area (Å²) in [4.78, 5) is 10.8. The summed E-state index contributed by atoms with van der Waals surface area (Å²) < 4.78 is 1.56. The molecular weight excluding hydrogens is 254 g/mol. The minimum absolute atomic E-state index is 0.125. The number of nitrogens with two attached hydrogens (primary N) is 1. The Morgan fingerprint density at radius 2 is 2.45 bits per heavy atom. The molecule has 2 unspecified atom stereocenters. The number of hydrogen-bond acceptors (Lipinski definition) is 4. The summed E-state index contributed by atoms with van der Waals surface area (Å²) >= 11 is 0. The maximum atomic E-state index is 10.8. The fourth-order valence-corrected chi connectivity index (χ4v) is 2.76. The Hall–Kier alpha value is -1.56. The highest BCUT2D eigenvalue weighted by atomic mass is 16.1. The average Bonchev–Trinajstić information content (AvgIpc) is 2.63. The molecule has 1 aliphatic rings. The lowest BCUT2D eigenvalue weighted by Gasteiger charge is -2.21. The predicted molar refractivity (Wildman–Crippen MR) is 79.4 cm³/mol. The molecule has 0 aliphatic carbocycles. The molecule has 2 rings (SSSR count). The van der Waals surface area contributed by atoms with Crippen LogP contribution < -0.4 is 16.4 Å². The third-order valence-corrected chi connectivity index (χ3v) is 3.66. The highest BCUT2D eigenvalue weighted by Gasteiger charge is 2.15. The largest absolute Gasteiger partial charge is 0.380 e. The van der Waals surface area contributed by atoms with Crippen LogP contribution in [-0.4, -0.2) is 34.3 Å². The number of hydrogen-bond donors (Lipinski definition) is 3. The van der Waals surface area contributed by atoms with E-state index in [4.69, 9.17) is 5.73 Å². The normalized spacial score (nSPS) is 21.1. The van der Waals surface area contributed by atoms with E-state index in [0.717, 1.165) is 18.7 Å². The van der Waals surface area contributed by atoms with E-state index in [2.05, 4.69) is 22.7 Å². The van der Waals surface area contributed by atoms with E-state index in [1.807, 2.05) is 6.20 Å². The molecule has 1 aliphatic heterocycles. The van der Waals surface area contributed by atoms with Crippen LogP contribution in [0, 0.1) is 0 Å². The van der Waals surface area contributed by atoms with Gasteiger partial charge in [-0.3, -0.25) is 9.48 Å². The number of aromatic nitrogens is 2. The number of amides is 1. The summed E-state index contributed by atoms with van der Waals surface area (Å²) in [7, 11) is 0. The Labute approximate surface area is 120 Å². The molecular formula is C14H25N5O. The number of rotatable bonds is 6. The van der Waals surface area contributed by atoms with Crippen molar-refractivity contribution in [3.8, 4) is 0 Å². The smallest absolute Gasteiger partial charge is 0.239 e. The van der Waals surface area contributed by atoms with Crippen molar-refractivity contribution < 1.29 is 4.79 Å². The summed E-state index contributed by atoms with van der Waals surface area (Å²) in [5.74, 6) is -0.379. The molecule has 0 saturated carbocycles. The van der Waals surface area contributed by atoms with Gasteiger partial charge in [-0.2, -0.15) is 5.10 Å². The third kappa shape index (κ3) is 4.85. The van der Waals surface area contributed by atoms with Crippen LogP contribution in [0.15, 0.2) is 12.4 Å². The van der Waals surface area contributed by atoms with Crippen LogP contribution in [-0.2, 0) is 11.3 Å². The zero-order chi connectivity index (χ0) is 14.4. The minimum atomic E-state index is -0.379. The maximum Gasteiger partial charge on any atom is 0.239 e. The Kier molecular flexibility index (Phi) is 5.40. The van der Waals surface area contributed by atoms with Crippen LogP contribution in [0.25, 0.3) is 0 Å². The van der Waals surface area contributed by atoms with Crippen LogP contribution in [0.3, 0.4) is 0 Å². The maximum absolute atomic E-state index is 10.8. The summed E-state index contributed by atoms with van der Waals surface area (Å²) in [6.45, 7) is 3.44. The molecule has 1 aromatic heterocycles. The Morgan fingerprint density at radius 3 is 3.25 bits per heavy atom. The first-order chi connectivity index (χ1) is 9.63. The summed E-state index contributed by atoms with van der Waals surface area (Å²) in [5, 5.41) is 11.1. The van der Waals surface area contributed by atoms with Crippen molar-refractivity contribution in [2.45, 2.75) is 57.7 Å². The van der Waals surface area contributed by atoms with Crippen LogP contribution in [0.5, 0.6) is 0 Å². The minimum Gasteiger partial charge on any atom is -0.380 e. The first-order valence-corrected chi connectivity index (χ1v) is 7.44. The van der Waals surface area contributed by atoms with E-state index in [9.17, 15) is 4.79 Å². The van der Waals surface area contributed by atoms with Crippen molar-refractivity contribution in [3.05, 3.63) is 12.4 Å². The number of carbonyl (C=O) groups excluding carboxylic acids is 1. The molecule has 0 radical (unpaired) electrons. The number of nitrogens with one attached hydrogen (secondary N) is 2. The molecule has 4 N–H and O–H groups in total. The van der Waals surface area contributed by atoms with Crippen molar-refractivity contribution >= 4 is 11.6 Å². The molecule has 6 nitrogen and oxygen atoms in total. The Bertz CT molecular complexity index is 423. The van der Waals surface area contributed by atoms with Gasteiger partial charge in [0.05, 0.1) is 11.9 Å². The molecule has 1 amide bonds. The van der Waals surface area contributed by atoms with Gasteiger partial charge < -0.3 is 16.4 Å². The summed E-state index contributed by atoms with van der Waals surface area (Å²) in [6.07, 6.45) is 9.86. The van der Waals surface area contributed by atoms with Crippen molar-refractivity contribution in [2.24, 2.45) is 5.73 Å². The third-order valence-electron chi connectivity index (χ3n) is 3.66. The second-order valence-corrected chi connectivity index (χ2v) is 5.67. The van der Waals surface area contributed by atoms with Gasteiger partial charge in [0.15, 0.2) is 0 Å². The quantitative estimate of drug-likeness (QED) is 0.727. The van der Waals surface area contributed by atoms with E-state index < -0.39 is 0 Å². The number of carbonyl (C=O) groups is 1. The predicted octanol–water partition coefficient (Wildman–Crippen LogP) is 1.09. The van der Waals surface area contributed by atoms with Gasteiger partial charge in [0.2, 0.25) is 5.91 Å². The number of anilines is 1. The van der Waals surface area contributed by atoms with Crippen LogP contribution in [0.2, 0.25) is 0 Å². The van der Waals surface area contributed by atoms with Crippen LogP contribution >= 0.6 is 0 Å². The molecule has 0 bridgehead atoms. The molecule has 0 aromatic carbocycles. The lowest BCUT2D eigenvalue weighted by atomic mass is 10.0. The number of primary amides is 1. The van der Waals surface area contributed by atoms with Crippen molar-refractivity contribution in [2.75, 3.05) is 11.9 Å². The second-order valence-electron chi connectivity index (χ2n) is 5.67. The first kappa shape index (κ1) is 14.8. The molecule has 0 spiro atoms. The summed E-state index contributed by atoms with van der Waals surface area (Å²) in [6, 6.07) is 0.970. The van der Waals surface area contributed by atoms with E-state index in [1.165, 1.54) is 25.7 Å². The van der Waals surface area contributed by atoms with Gasteiger partial charge in [0, 0.05) is 18.3 Å². The highest BCUT2D eigenvalue weighted by molar-refractivity contribution is 5.73. The molecule has 1 fully saturated rings. The molecule has 6 heteroatoms. The molecule has 1 saturated heterocycles. The molecule has 112 valence electrons. The van der Waals surface area contributed by atoms with Crippen molar-refractivity contribution in [1.29, 1.82) is 0 Å². The lowest BCUT2D eigenvalue weighted by molar-refractivity contribution is -0.118. The van der Waals surface area contributed by atoms with Gasteiger partial charge in [0.1, 0.15) is 6.54 Å². The van der Waals surface area contributed by atoms with E-state index >= 15 is 0 Å². The Morgan fingerprint density at radius 1 is 1.60 bits per heavy atom.